The molecule has 0 aliphatic heterocycles. The van der Waals surface area contributed by atoms with E-state index in [1.54, 1.807) is 18.4 Å². The van der Waals surface area contributed by atoms with E-state index in [4.69, 9.17) is 9.84 Å². The third-order valence-corrected chi connectivity index (χ3v) is 3.59. The van der Waals surface area contributed by atoms with E-state index < -0.39 is 0 Å². The Morgan fingerprint density at radius 1 is 1.56 bits per heavy atom. The van der Waals surface area contributed by atoms with E-state index in [0.717, 1.165) is 12.8 Å². The van der Waals surface area contributed by atoms with Crippen LogP contribution in [0.2, 0.25) is 0 Å². The van der Waals surface area contributed by atoms with Crippen LogP contribution >= 0.6 is 11.3 Å². The minimum absolute atomic E-state index is 0.207. The van der Waals surface area contributed by atoms with Gasteiger partial charge >= 0.3 is 0 Å². The fraction of sp³-hybridized carbons (Fsp3) is 0.667. The van der Waals surface area contributed by atoms with Gasteiger partial charge in [-0.3, -0.25) is 0 Å². The van der Waals surface area contributed by atoms with Crippen LogP contribution in [0.15, 0.2) is 17.5 Å². The Morgan fingerprint density at radius 2 is 2.38 bits per heavy atom. The summed E-state index contributed by atoms with van der Waals surface area (Å²) in [6.45, 7) is 3.06. The molecule has 1 aromatic rings. The lowest BCUT2D eigenvalue weighted by Gasteiger charge is -2.23. The molecule has 4 heteroatoms. The van der Waals surface area contributed by atoms with Gasteiger partial charge < -0.3 is 15.2 Å². The summed E-state index contributed by atoms with van der Waals surface area (Å²) >= 11 is 1.73. The van der Waals surface area contributed by atoms with Crippen LogP contribution < -0.4 is 5.32 Å². The highest BCUT2D eigenvalue weighted by Crippen LogP contribution is 2.22. The highest BCUT2D eigenvalue weighted by atomic mass is 32.1. The summed E-state index contributed by atoms with van der Waals surface area (Å²) in [6, 6.07) is 4.75. The van der Waals surface area contributed by atoms with Crippen LogP contribution in [0.5, 0.6) is 0 Å². The zero-order chi connectivity index (χ0) is 11.8. The molecule has 1 heterocycles. The van der Waals surface area contributed by atoms with Crippen LogP contribution in [0.3, 0.4) is 0 Å². The van der Waals surface area contributed by atoms with Crippen molar-refractivity contribution in [1.82, 2.24) is 5.32 Å². The molecule has 0 aliphatic carbocycles. The Balaban J connectivity index is 2.56. The number of thiophene rings is 1. The number of ether oxygens (including phenoxy) is 1. The normalized spacial score (nSPS) is 14.9. The first kappa shape index (κ1) is 13.6. The fourth-order valence-electron chi connectivity index (χ4n) is 1.70. The second-order valence-electron chi connectivity index (χ2n) is 3.81. The number of aliphatic hydroxyl groups is 1. The van der Waals surface area contributed by atoms with Crippen molar-refractivity contribution >= 4 is 11.3 Å². The van der Waals surface area contributed by atoms with Crippen molar-refractivity contribution < 1.29 is 9.84 Å². The third-order valence-electron chi connectivity index (χ3n) is 2.60. The summed E-state index contributed by atoms with van der Waals surface area (Å²) in [5.41, 5.74) is 0. The monoisotopic (exact) mass is 243 g/mol. The van der Waals surface area contributed by atoms with Gasteiger partial charge in [0.1, 0.15) is 0 Å². The number of nitrogens with one attached hydrogen (secondary N) is 1. The topological polar surface area (TPSA) is 41.5 Å². The lowest BCUT2D eigenvalue weighted by Crippen LogP contribution is -2.35. The molecular weight excluding hydrogens is 222 g/mol. The smallest absolute Gasteiger partial charge is 0.0615 e. The van der Waals surface area contributed by atoms with Gasteiger partial charge in [-0.1, -0.05) is 13.0 Å². The largest absolute Gasteiger partial charge is 0.396 e. The van der Waals surface area contributed by atoms with Crippen LogP contribution in [0, 0.1) is 0 Å². The molecule has 1 aromatic heterocycles. The van der Waals surface area contributed by atoms with E-state index in [-0.39, 0.29) is 12.6 Å². The van der Waals surface area contributed by atoms with Crippen LogP contribution in [0.1, 0.15) is 30.7 Å². The maximum absolute atomic E-state index is 9.08. The van der Waals surface area contributed by atoms with Crippen molar-refractivity contribution in [2.45, 2.75) is 31.8 Å². The Kier molecular flexibility index (Phi) is 6.64. The standard InChI is InChI=1S/C12H21NO2S/c1-3-10(9-15-2)13-11(6-7-14)12-5-4-8-16-12/h4-5,8,10-11,13-14H,3,6-7,9H2,1-2H3. The van der Waals surface area contributed by atoms with E-state index in [1.807, 2.05) is 6.07 Å². The molecule has 0 spiro atoms. The van der Waals surface area contributed by atoms with Crippen molar-refractivity contribution in [1.29, 1.82) is 0 Å². The Bertz CT molecular complexity index is 264. The van der Waals surface area contributed by atoms with Gasteiger partial charge in [0, 0.05) is 30.7 Å². The molecule has 0 radical (unpaired) electrons. The average molecular weight is 243 g/mol. The first-order chi connectivity index (χ1) is 7.81. The SMILES string of the molecule is CCC(COC)NC(CCO)c1cccs1. The highest BCUT2D eigenvalue weighted by molar-refractivity contribution is 7.10. The predicted octanol–water partition coefficient (Wildman–Crippen LogP) is 2.19. The van der Waals surface area contributed by atoms with E-state index in [1.165, 1.54) is 4.88 Å². The lowest BCUT2D eigenvalue weighted by molar-refractivity contribution is 0.154. The van der Waals surface area contributed by atoms with Crippen LogP contribution in [-0.4, -0.2) is 31.5 Å². The Labute approximate surface area is 101 Å². The minimum Gasteiger partial charge on any atom is -0.396 e. The Morgan fingerprint density at radius 3 is 2.88 bits per heavy atom. The molecule has 16 heavy (non-hydrogen) atoms. The molecule has 0 aromatic carbocycles. The maximum atomic E-state index is 9.08. The van der Waals surface area contributed by atoms with E-state index in [9.17, 15) is 0 Å². The second-order valence-corrected chi connectivity index (χ2v) is 4.79. The maximum Gasteiger partial charge on any atom is 0.0615 e. The van der Waals surface area contributed by atoms with Crippen molar-refractivity contribution in [2.24, 2.45) is 0 Å². The molecule has 3 nitrogen and oxygen atoms in total. The van der Waals surface area contributed by atoms with E-state index >= 15 is 0 Å². The summed E-state index contributed by atoms with van der Waals surface area (Å²) in [4.78, 5) is 1.28. The highest BCUT2D eigenvalue weighted by Gasteiger charge is 2.16. The van der Waals surface area contributed by atoms with Crippen molar-refractivity contribution in [3.63, 3.8) is 0 Å². The van der Waals surface area contributed by atoms with Crippen molar-refractivity contribution in [3.8, 4) is 0 Å². The molecular formula is C12H21NO2S. The second kappa shape index (κ2) is 7.79. The van der Waals surface area contributed by atoms with E-state index in [2.05, 4.69) is 23.7 Å². The molecule has 0 saturated carbocycles. The molecule has 92 valence electrons. The van der Waals surface area contributed by atoms with Gasteiger partial charge in [0.25, 0.3) is 0 Å². The van der Waals surface area contributed by atoms with Gasteiger partial charge in [-0.15, -0.1) is 11.3 Å². The zero-order valence-electron chi connectivity index (χ0n) is 9.98. The number of aliphatic hydroxyl groups excluding tert-OH is 1. The molecule has 2 N–H and O–H groups in total. The summed E-state index contributed by atoms with van der Waals surface area (Å²) in [5, 5.41) is 14.7. The van der Waals surface area contributed by atoms with Crippen molar-refractivity contribution in [2.75, 3.05) is 20.3 Å². The molecule has 2 unspecified atom stereocenters. The third kappa shape index (κ3) is 4.22. The van der Waals surface area contributed by atoms with Crippen LogP contribution in [0.25, 0.3) is 0 Å². The minimum atomic E-state index is 0.207. The van der Waals surface area contributed by atoms with Crippen molar-refractivity contribution in [3.05, 3.63) is 22.4 Å². The molecule has 0 amide bonds. The summed E-state index contributed by atoms with van der Waals surface area (Å²) < 4.78 is 5.17. The molecule has 0 saturated heterocycles. The first-order valence-corrected chi connectivity index (χ1v) is 6.59. The summed E-state index contributed by atoms with van der Waals surface area (Å²) in [7, 11) is 1.72. The lowest BCUT2D eigenvalue weighted by atomic mass is 10.1. The number of rotatable bonds is 8. The van der Waals surface area contributed by atoms with Gasteiger partial charge in [-0.2, -0.15) is 0 Å². The number of hydrogen-bond acceptors (Lipinski definition) is 4. The summed E-state index contributed by atoms with van der Waals surface area (Å²) in [5.74, 6) is 0. The Hall–Kier alpha value is -0.420. The number of hydrogen-bond donors (Lipinski definition) is 2. The van der Waals surface area contributed by atoms with Crippen LogP contribution in [0.4, 0.5) is 0 Å². The molecule has 2 atom stereocenters. The van der Waals surface area contributed by atoms with Gasteiger partial charge in [0.05, 0.1) is 6.61 Å². The molecule has 0 bridgehead atoms. The zero-order valence-corrected chi connectivity index (χ0v) is 10.8. The molecule has 1 rings (SSSR count). The summed E-state index contributed by atoms with van der Waals surface area (Å²) in [6.07, 6.45) is 1.78. The van der Waals surface area contributed by atoms with Gasteiger partial charge in [-0.25, -0.2) is 0 Å². The number of methoxy groups -OCH3 is 1. The quantitative estimate of drug-likeness (QED) is 0.735. The van der Waals surface area contributed by atoms with Gasteiger partial charge in [-0.05, 0) is 24.3 Å². The average Bonchev–Trinajstić information content (AvgIpc) is 2.81. The van der Waals surface area contributed by atoms with Crippen LogP contribution in [-0.2, 0) is 4.74 Å². The first-order valence-electron chi connectivity index (χ1n) is 5.71. The van der Waals surface area contributed by atoms with Gasteiger partial charge in [0.15, 0.2) is 0 Å². The predicted molar refractivity (Wildman–Crippen MR) is 67.9 cm³/mol. The van der Waals surface area contributed by atoms with E-state index in [0.29, 0.717) is 12.6 Å². The molecule has 0 aliphatic rings. The molecule has 0 fully saturated rings. The van der Waals surface area contributed by atoms with Gasteiger partial charge in [0.2, 0.25) is 0 Å². The fourth-order valence-corrected chi connectivity index (χ4v) is 2.52.